The number of hydrogen-bond donors (Lipinski definition) is 1. The summed E-state index contributed by atoms with van der Waals surface area (Å²) in [6, 6.07) is 8.63. The summed E-state index contributed by atoms with van der Waals surface area (Å²) in [7, 11) is 0. The first kappa shape index (κ1) is 19.5. The van der Waals surface area contributed by atoms with E-state index in [4.69, 9.17) is 4.74 Å². The maximum Gasteiger partial charge on any atom is 0.268 e. The van der Waals surface area contributed by atoms with Gasteiger partial charge in [0, 0.05) is 36.9 Å². The summed E-state index contributed by atoms with van der Waals surface area (Å²) in [4.78, 5) is 15.4. The fraction of sp³-hybridized carbons (Fsp3) is 0.500. The van der Waals surface area contributed by atoms with Gasteiger partial charge in [0.1, 0.15) is 5.69 Å². The fourth-order valence-electron chi connectivity index (χ4n) is 3.83. The van der Waals surface area contributed by atoms with Crippen LogP contribution in [0.4, 0.5) is 5.69 Å². The van der Waals surface area contributed by atoms with E-state index in [0.29, 0.717) is 6.54 Å². The van der Waals surface area contributed by atoms with Crippen molar-refractivity contribution in [3.8, 4) is 0 Å². The van der Waals surface area contributed by atoms with Gasteiger partial charge in [-0.05, 0) is 40.2 Å². The van der Waals surface area contributed by atoms with Crippen molar-refractivity contribution in [3.63, 3.8) is 0 Å². The predicted octanol–water partition coefficient (Wildman–Crippen LogP) is 3.44. The maximum absolute atomic E-state index is 13.0. The lowest BCUT2D eigenvalue weighted by Crippen LogP contribution is -2.37. The van der Waals surface area contributed by atoms with E-state index < -0.39 is 0 Å². The predicted molar refractivity (Wildman–Crippen MR) is 110 cm³/mol. The van der Waals surface area contributed by atoms with Gasteiger partial charge >= 0.3 is 0 Å². The summed E-state index contributed by atoms with van der Waals surface area (Å²) < 4.78 is 7.69. The zero-order chi connectivity index (χ0) is 19.6. The van der Waals surface area contributed by atoms with E-state index in [-0.39, 0.29) is 11.9 Å². The van der Waals surface area contributed by atoms with Crippen LogP contribution in [-0.2, 0) is 11.3 Å². The molecule has 0 aliphatic carbocycles. The molecule has 0 unspecified atom stereocenters. The molecule has 3 rings (SSSR count). The minimum Gasteiger partial charge on any atom is -0.378 e. The summed E-state index contributed by atoms with van der Waals surface area (Å²) in [5.41, 5.74) is 6.59. The minimum atomic E-state index is -0.00257. The summed E-state index contributed by atoms with van der Waals surface area (Å²) in [5, 5.41) is 3.08. The van der Waals surface area contributed by atoms with Gasteiger partial charge in [-0.2, -0.15) is 0 Å². The van der Waals surface area contributed by atoms with E-state index in [1.54, 1.807) is 0 Å². The van der Waals surface area contributed by atoms with Crippen LogP contribution in [0.15, 0.2) is 24.3 Å². The first-order valence-electron chi connectivity index (χ1n) is 9.77. The summed E-state index contributed by atoms with van der Waals surface area (Å²) in [6.07, 6.45) is 0. The fourth-order valence-corrected chi connectivity index (χ4v) is 3.83. The van der Waals surface area contributed by atoms with Crippen molar-refractivity contribution < 1.29 is 9.53 Å². The molecule has 0 atom stereocenters. The number of carbonyl (C=O) groups is 1. The number of nitrogens with zero attached hydrogens (tertiary/aromatic N) is 2. The second-order valence-corrected chi connectivity index (χ2v) is 7.71. The third-order valence-electron chi connectivity index (χ3n) is 5.15. The SMILES string of the molecule is Cc1ccc(Cn2c(C)c(N3CCOCC3)c(C)c2C(=O)NC(C)C)cc1. The number of carbonyl (C=O) groups excluding carboxylic acids is 1. The molecule has 1 N–H and O–H groups in total. The highest BCUT2D eigenvalue weighted by Crippen LogP contribution is 2.32. The number of amides is 1. The van der Waals surface area contributed by atoms with Crippen molar-refractivity contribution in [2.24, 2.45) is 0 Å². The normalized spacial score (nSPS) is 14.7. The Morgan fingerprint density at radius 2 is 1.74 bits per heavy atom. The van der Waals surface area contributed by atoms with Gasteiger partial charge in [0.05, 0.1) is 18.9 Å². The molecule has 0 bridgehead atoms. The molecule has 1 aromatic carbocycles. The Balaban J connectivity index is 2.05. The number of benzene rings is 1. The largest absolute Gasteiger partial charge is 0.378 e. The molecule has 1 amide bonds. The number of aryl methyl sites for hydroxylation is 1. The molecule has 146 valence electrons. The van der Waals surface area contributed by atoms with Gasteiger partial charge in [-0.3, -0.25) is 4.79 Å². The van der Waals surface area contributed by atoms with Crippen LogP contribution < -0.4 is 10.2 Å². The highest BCUT2D eigenvalue weighted by Gasteiger charge is 2.27. The minimum absolute atomic E-state index is 0.00257. The highest BCUT2D eigenvalue weighted by molar-refractivity contribution is 5.96. The first-order chi connectivity index (χ1) is 12.9. The molecule has 1 aliphatic rings. The Morgan fingerprint density at radius 1 is 1.11 bits per heavy atom. The Morgan fingerprint density at radius 3 is 2.33 bits per heavy atom. The van der Waals surface area contributed by atoms with Crippen LogP contribution in [0.5, 0.6) is 0 Å². The third-order valence-corrected chi connectivity index (χ3v) is 5.15. The Kier molecular flexibility index (Phi) is 5.90. The van der Waals surface area contributed by atoms with Gasteiger partial charge < -0.3 is 19.5 Å². The van der Waals surface area contributed by atoms with Crippen molar-refractivity contribution in [3.05, 3.63) is 52.3 Å². The maximum atomic E-state index is 13.0. The molecule has 0 saturated carbocycles. The molecule has 2 heterocycles. The van der Waals surface area contributed by atoms with E-state index in [2.05, 4.69) is 59.8 Å². The van der Waals surface area contributed by atoms with Crippen LogP contribution in [0, 0.1) is 20.8 Å². The standard InChI is InChI=1S/C22H31N3O2/c1-15(2)23-22(26)21-17(4)20(24-10-12-27-13-11-24)18(5)25(21)14-19-8-6-16(3)7-9-19/h6-9,15H,10-14H2,1-5H3,(H,23,26). The molecule has 2 aromatic rings. The van der Waals surface area contributed by atoms with Gasteiger partial charge in [-0.15, -0.1) is 0 Å². The number of nitrogens with one attached hydrogen (secondary N) is 1. The lowest BCUT2D eigenvalue weighted by molar-refractivity contribution is 0.0933. The molecular weight excluding hydrogens is 338 g/mol. The molecule has 5 heteroatoms. The zero-order valence-corrected chi connectivity index (χ0v) is 17.1. The molecule has 0 radical (unpaired) electrons. The molecule has 1 fully saturated rings. The van der Waals surface area contributed by atoms with Crippen LogP contribution in [0.3, 0.4) is 0 Å². The molecule has 1 saturated heterocycles. The lowest BCUT2D eigenvalue weighted by atomic mass is 10.1. The first-order valence-corrected chi connectivity index (χ1v) is 9.77. The number of morpholine rings is 1. The lowest BCUT2D eigenvalue weighted by Gasteiger charge is -2.29. The average Bonchev–Trinajstić information content (AvgIpc) is 2.87. The van der Waals surface area contributed by atoms with Crippen molar-refractivity contribution in [1.29, 1.82) is 0 Å². The second-order valence-electron chi connectivity index (χ2n) is 7.71. The van der Waals surface area contributed by atoms with Gasteiger partial charge in [-0.25, -0.2) is 0 Å². The van der Waals surface area contributed by atoms with E-state index >= 15 is 0 Å². The van der Waals surface area contributed by atoms with E-state index in [1.807, 2.05) is 13.8 Å². The topological polar surface area (TPSA) is 46.5 Å². The van der Waals surface area contributed by atoms with E-state index in [1.165, 1.54) is 16.8 Å². The van der Waals surface area contributed by atoms with Gasteiger partial charge in [-0.1, -0.05) is 29.8 Å². The molecule has 1 aromatic heterocycles. The smallest absolute Gasteiger partial charge is 0.268 e. The van der Waals surface area contributed by atoms with Crippen LogP contribution in [0.1, 0.15) is 46.7 Å². The van der Waals surface area contributed by atoms with Crippen molar-refractivity contribution in [2.45, 2.75) is 47.2 Å². The Hall–Kier alpha value is -2.27. The Bertz CT molecular complexity index is 800. The van der Waals surface area contributed by atoms with Crippen LogP contribution in [-0.4, -0.2) is 42.8 Å². The number of aromatic nitrogens is 1. The van der Waals surface area contributed by atoms with E-state index in [0.717, 1.165) is 43.3 Å². The molecule has 0 spiro atoms. The number of ether oxygens (including phenoxy) is 1. The average molecular weight is 370 g/mol. The highest BCUT2D eigenvalue weighted by atomic mass is 16.5. The quantitative estimate of drug-likeness (QED) is 0.878. The number of rotatable bonds is 5. The summed E-state index contributed by atoms with van der Waals surface area (Å²) >= 11 is 0. The van der Waals surface area contributed by atoms with E-state index in [9.17, 15) is 4.79 Å². The third kappa shape index (κ3) is 4.19. The molecule has 27 heavy (non-hydrogen) atoms. The van der Waals surface area contributed by atoms with Crippen molar-refractivity contribution in [2.75, 3.05) is 31.2 Å². The number of anilines is 1. The van der Waals surface area contributed by atoms with Gasteiger partial charge in [0.15, 0.2) is 0 Å². The van der Waals surface area contributed by atoms with Gasteiger partial charge in [0.2, 0.25) is 0 Å². The van der Waals surface area contributed by atoms with Crippen LogP contribution in [0.25, 0.3) is 0 Å². The number of hydrogen-bond acceptors (Lipinski definition) is 3. The second kappa shape index (κ2) is 8.17. The Labute approximate surface area is 162 Å². The monoisotopic (exact) mass is 369 g/mol. The molecular formula is C22H31N3O2. The van der Waals surface area contributed by atoms with Crippen LogP contribution in [0.2, 0.25) is 0 Å². The van der Waals surface area contributed by atoms with Crippen molar-refractivity contribution in [1.82, 2.24) is 9.88 Å². The summed E-state index contributed by atoms with van der Waals surface area (Å²) in [5.74, 6) is -0.00257. The van der Waals surface area contributed by atoms with Crippen molar-refractivity contribution >= 4 is 11.6 Å². The zero-order valence-electron chi connectivity index (χ0n) is 17.1. The van der Waals surface area contributed by atoms with Crippen LogP contribution >= 0.6 is 0 Å². The summed E-state index contributed by atoms with van der Waals surface area (Å²) in [6.45, 7) is 14.2. The molecule has 1 aliphatic heterocycles. The molecule has 5 nitrogen and oxygen atoms in total. The van der Waals surface area contributed by atoms with Gasteiger partial charge in [0.25, 0.3) is 5.91 Å².